The fraction of sp³-hybridized carbons (Fsp3) is 0.600. The van der Waals surface area contributed by atoms with E-state index in [1.54, 1.807) is 7.05 Å². The van der Waals surface area contributed by atoms with E-state index >= 15 is 0 Å². The molecule has 5 heteroatoms. The maximum Gasteiger partial charge on any atom is 0.361 e. The van der Waals surface area contributed by atoms with Gasteiger partial charge in [0.05, 0.1) is 12.6 Å². The van der Waals surface area contributed by atoms with Crippen LogP contribution in [0.3, 0.4) is 0 Å². The molecule has 0 aliphatic heterocycles. The highest BCUT2D eigenvalue weighted by Gasteiger charge is 2.09. The number of rotatable bonds is 9. The van der Waals surface area contributed by atoms with Crippen LogP contribution in [-0.4, -0.2) is 15.3 Å². The van der Waals surface area contributed by atoms with Gasteiger partial charge in [-0.05, 0) is 12.8 Å². The summed E-state index contributed by atoms with van der Waals surface area (Å²) in [6, 6.07) is 0. The van der Waals surface area contributed by atoms with Crippen LogP contribution in [0.4, 0.5) is 0 Å². The summed E-state index contributed by atoms with van der Waals surface area (Å²) in [6.07, 6.45) is 9.89. The SMILES string of the molecule is C=C(CCCCCCC)CC(=O)On1ccn(C)c1=O. The molecule has 20 heavy (non-hydrogen) atoms. The molecule has 0 bridgehead atoms. The average molecular weight is 280 g/mol. The Kier molecular flexibility index (Phi) is 6.84. The van der Waals surface area contributed by atoms with Gasteiger partial charge < -0.3 is 4.84 Å². The van der Waals surface area contributed by atoms with E-state index in [1.165, 1.54) is 42.6 Å². The summed E-state index contributed by atoms with van der Waals surface area (Å²) >= 11 is 0. The lowest BCUT2D eigenvalue weighted by atomic mass is 10.1. The largest absolute Gasteiger partial charge is 0.361 e. The number of carbonyl (C=O) groups is 1. The molecule has 0 radical (unpaired) electrons. The number of imidazole rings is 1. The third-order valence-corrected chi connectivity index (χ3v) is 3.14. The highest BCUT2D eigenvalue weighted by molar-refractivity contribution is 5.72. The summed E-state index contributed by atoms with van der Waals surface area (Å²) in [6.45, 7) is 6.07. The second-order valence-corrected chi connectivity index (χ2v) is 5.07. The van der Waals surface area contributed by atoms with Crippen LogP contribution in [0.25, 0.3) is 0 Å². The highest BCUT2D eigenvalue weighted by atomic mass is 16.7. The minimum atomic E-state index is -0.447. The van der Waals surface area contributed by atoms with Crippen molar-refractivity contribution in [3.63, 3.8) is 0 Å². The molecule has 0 spiro atoms. The Morgan fingerprint density at radius 2 is 1.95 bits per heavy atom. The van der Waals surface area contributed by atoms with Gasteiger partial charge in [-0.1, -0.05) is 44.8 Å². The third kappa shape index (κ3) is 5.47. The van der Waals surface area contributed by atoms with Crippen molar-refractivity contribution in [1.29, 1.82) is 0 Å². The summed E-state index contributed by atoms with van der Waals surface area (Å²) in [5, 5.41) is 0. The minimum absolute atomic E-state index is 0.162. The molecule has 1 rings (SSSR count). The molecule has 1 aromatic heterocycles. The Morgan fingerprint density at radius 1 is 1.25 bits per heavy atom. The van der Waals surface area contributed by atoms with Crippen molar-refractivity contribution >= 4 is 5.97 Å². The molecule has 0 aromatic carbocycles. The molecular formula is C15H24N2O3. The van der Waals surface area contributed by atoms with Crippen LogP contribution in [0, 0.1) is 0 Å². The predicted molar refractivity (Wildman–Crippen MR) is 78.4 cm³/mol. The van der Waals surface area contributed by atoms with E-state index in [0.29, 0.717) is 0 Å². The van der Waals surface area contributed by atoms with E-state index < -0.39 is 5.97 Å². The van der Waals surface area contributed by atoms with Gasteiger partial charge in [0.1, 0.15) is 0 Å². The van der Waals surface area contributed by atoms with E-state index in [0.717, 1.165) is 23.1 Å². The Hall–Kier alpha value is -1.78. The molecule has 0 atom stereocenters. The molecule has 0 aliphatic rings. The van der Waals surface area contributed by atoms with Crippen molar-refractivity contribution < 1.29 is 9.63 Å². The standard InChI is InChI=1S/C15H24N2O3/c1-4-5-6-7-8-9-13(2)12-14(18)20-17-11-10-16(3)15(17)19/h10-11H,2,4-9,12H2,1,3H3. The number of unbranched alkanes of at least 4 members (excludes halogenated alkanes) is 4. The van der Waals surface area contributed by atoms with Crippen LogP contribution in [0.5, 0.6) is 0 Å². The van der Waals surface area contributed by atoms with Crippen molar-refractivity contribution in [3.8, 4) is 0 Å². The first kappa shape index (κ1) is 16.3. The normalized spacial score (nSPS) is 10.5. The molecule has 1 heterocycles. The molecule has 0 saturated heterocycles. The first-order valence-corrected chi connectivity index (χ1v) is 7.16. The zero-order chi connectivity index (χ0) is 15.0. The molecule has 0 amide bonds. The molecule has 112 valence electrons. The fourth-order valence-electron chi connectivity index (χ4n) is 1.93. The van der Waals surface area contributed by atoms with Crippen molar-refractivity contribution in [3.05, 3.63) is 35.0 Å². The van der Waals surface area contributed by atoms with E-state index in [-0.39, 0.29) is 12.1 Å². The van der Waals surface area contributed by atoms with Crippen molar-refractivity contribution in [2.75, 3.05) is 0 Å². The Labute approximate surface area is 119 Å². The molecule has 0 unspecified atom stereocenters. The monoisotopic (exact) mass is 280 g/mol. The molecular weight excluding hydrogens is 256 g/mol. The quantitative estimate of drug-likeness (QED) is 0.516. The lowest BCUT2D eigenvalue weighted by molar-refractivity contribution is -0.143. The molecule has 5 nitrogen and oxygen atoms in total. The molecule has 0 fully saturated rings. The maximum atomic E-state index is 11.7. The Bertz CT molecular complexity index is 499. The maximum absolute atomic E-state index is 11.7. The van der Waals surface area contributed by atoms with Crippen molar-refractivity contribution in [2.45, 2.75) is 51.9 Å². The number of nitrogens with zero attached hydrogens (tertiary/aromatic N) is 2. The fourth-order valence-corrected chi connectivity index (χ4v) is 1.93. The van der Waals surface area contributed by atoms with Crippen LogP contribution in [-0.2, 0) is 11.8 Å². The van der Waals surface area contributed by atoms with Gasteiger partial charge in [0, 0.05) is 13.2 Å². The molecule has 0 aliphatic carbocycles. The zero-order valence-corrected chi connectivity index (χ0v) is 12.4. The van der Waals surface area contributed by atoms with E-state index in [1.807, 2.05) is 0 Å². The average Bonchev–Trinajstić information content (AvgIpc) is 2.70. The number of hydrogen-bond acceptors (Lipinski definition) is 3. The van der Waals surface area contributed by atoms with Gasteiger partial charge in [-0.3, -0.25) is 4.57 Å². The van der Waals surface area contributed by atoms with Crippen molar-refractivity contribution in [2.24, 2.45) is 7.05 Å². The predicted octanol–water partition coefficient (Wildman–Crippen LogP) is 2.45. The van der Waals surface area contributed by atoms with E-state index in [9.17, 15) is 9.59 Å². The number of hydrogen-bond donors (Lipinski definition) is 0. The second kappa shape index (κ2) is 8.40. The van der Waals surface area contributed by atoms with E-state index in [4.69, 9.17) is 4.84 Å². The van der Waals surface area contributed by atoms with Crippen LogP contribution in [0.1, 0.15) is 51.9 Å². The summed E-state index contributed by atoms with van der Waals surface area (Å²) < 4.78 is 2.28. The first-order valence-electron chi connectivity index (χ1n) is 7.16. The molecule has 0 N–H and O–H groups in total. The third-order valence-electron chi connectivity index (χ3n) is 3.14. The molecule has 0 saturated carbocycles. The second-order valence-electron chi connectivity index (χ2n) is 5.07. The number of aryl methyl sites for hydroxylation is 1. The lowest BCUT2D eigenvalue weighted by Gasteiger charge is -2.06. The zero-order valence-electron chi connectivity index (χ0n) is 12.4. The van der Waals surface area contributed by atoms with Gasteiger partial charge in [-0.15, -0.1) is 4.73 Å². The van der Waals surface area contributed by atoms with Gasteiger partial charge >= 0.3 is 11.7 Å². The van der Waals surface area contributed by atoms with E-state index in [2.05, 4.69) is 13.5 Å². The smallest absolute Gasteiger partial charge is 0.332 e. The van der Waals surface area contributed by atoms with Crippen LogP contribution >= 0.6 is 0 Å². The number of carbonyl (C=O) groups excluding carboxylic acids is 1. The minimum Gasteiger partial charge on any atom is -0.332 e. The van der Waals surface area contributed by atoms with Crippen LogP contribution in [0.15, 0.2) is 29.3 Å². The van der Waals surface area contributed by atoms with Gasteiger partial charge in [-0.25, -0.2) is 9.59 Å². The lowest BCUT2D eigenvalue weighted by Crippen LogP contribution is -2.31. The molecule has 1 aromatic rings. The van der Waals surface area contributed by atoms with Gasteiger partial charge in [0.25, 0.3) is 0 Å². The summed E-state index contributed by atoms with van der Waals surface area (Å²) in [5.41, 5.74) is 0.485. The Balaban J connectivity index is 2.26. The summed E-state index contributed by atoms with van der Waals surface area (Å²) in [4.78, 5) is 28.1. The van der Waals surface area contributed by atoms with Gasteiger partial charge in [0.15, 0.2) is 0 Å². The van der Waals surface area contributed by atoms with Crippen molar-refractivity contribution in [1.82, 2.24) is 9.30 Å². The summed E-state index contributed by atoms with van der Waals surface area (Å²) in [7, 11) is 1.60. The Morgan fingerprint density at radius 3 is 2.55 bits per heavy atom. The van der Waals surface area contributed by atoms with Crippen LogP contribution in [0.2, 0.25) is 0 Å². The van der Waals surface area contributed by atoms with Gasteiger partial charge in [-0.2, -0.15) is 0 Å². The highest BCUT2D eigenvalue weighted by Crippen LogP contribution is 2.12. The first-order chi connectivity index (χ1) is 9.54. The van der Waals surface area contributed by atoms with Gasteiger partial charge in [0.2, 0.25) is 0 Å². The topological polar surface area (TPSA) is 53.2 Å². The number of aromatic nitrogens is 2. The van der Waals surface area contributed by atoms with Crippen LogP contribution < -0.4 is 10.5 Å². The summed E-state index contributed by atoms with van der Waals surface area (Å²) in [5.74, 6) is -0.447.